The van der Waals surface area contributed by atoms with Crippen molar-refractivity contribution in [1.29, 1.82) is 0 Å². The van der Waals surface area contributed by atoms with Gasteiger partial charge in [0, 0.05) is 44.2 Å². The van der Waals surface area contributed by atoms with Gasteiger partial charge in [0.15, 0.2) is 11.6 Å². The van der Waals surface area contributed by atoms with Gasteiger partial charge < -0.3 is 4.57 Å². The normalized spacial score (nSPS) is 11.6. The van der Waals surface area contributed by atoms with Gasteiger partial charge in [-0.2, -0.15) is 0 Å². The molecule has 5 nitrogen and oxygen atoms in total. The summed E-state index contributed by atoms with van der Waals surface area (Å²) in [4.78, 5) is 21.1. The van der Waals surface area contributed by atoms with Crippen molar-refractivity contribution in [2.75, 3.05) is 0 Å². The molecule has 282 valence electrons. The number of rotatable bonds is 7. The minimum absolute atomic E-state index is 0.0419. The van der Waals surface area contributed by atoms with Crippen LogP contribution in [0.4, 0.5) is 0 Å². The summed E-state index contributed by atoms with van der Waals surface area (Å²) >= 11 is 0. The van der Waals surface area contributed by atoms with E-state index >= 15 is 0 Å². The second-order valence-electron chi connectivity index (χ2n) is 16.0. The van der Waals surface area contributed by atoms with Crippen molar-refractivity contribution in [3.8, 4) is 73.5 Å². The van der Waals surface area contributed by atoms with Gasteiger partial charge in [-0.15, -0.1) is 0 Å². The summed E-state index contributed by atoms with van der Waals surface area (Å²) in [6.45, 7) is 6.81. The molecule has 7 aromatic carbocycles. The molecule has 0 N–H and O–H groups in total. The van der Waals surface area contributed by atoms with E-state index in [9.17, 15) is 0 Å². The third kappa shape index (κ3) is 6.87. The van der Waals surface area contributed by atoms with Gasteiger partial charge in [0.05, 0.1) is 39.5 Å². The minimum atomic E-state index is -0.0419. The summed E-state index contributed by atoms with van der Waals surface area (Å²) < 4.78 is 2.39. The van der Waals surface area contributed by atoms with Gasteiger partial charge in [0.1, 0.15) is 0 Å². The Kier molecular flexibility index (Phi) is 8.99. The quantitative estimate of drug-likeness (QED) is 0.162. The maximum atomic E-state index is 5.39. The summed E-state index contributed by atoms with van der Waals surface area (Å²) in [5.41, 5.74) is 13.7. The number of hydrogen-bond acceptors (Lipinski definition) is 4. The topological polar surface area (TPSA) is 56.5 Å². The third-order valence-electron chi connectivity index (χ3n) is 11.0. The average Bonchev–Trinajstić information content (AvgIpc) is 3.63. The van der Waals surface area contributed by atoms with E-state index in [0.29, 0.717) is 11.6 Å². The van der Waals surface area contributed by atoms with E-state index in [1.165, 1.54) is 16.3 Å². The largest absolute Gasteiger partial charge is 0.308 e. The Morgan fingerprint density at radius 1 is 0.356 bits per heavy atom. The van der Waals surface area contributed by atoms with Crippen LogP contribution in [-0.4, -0.2) is 24.5 Å². The summed E-state index contributed by atoms with van der Waals surface area (Å²) in [5, 5.41) is 2.39. The Morgan fingerprint density at radius 3 is 1.36 bits per heavy atom. The van der Waals surface area contributed by atoms with Crippen LogP contribution in [0.5, 0.6) is 0 Å². The zero-order chi connectivity index (χ0) is 39.9. The fraction of sp³-hybridized carbons (Fsp3) is 0.0741. The highest BCUT2D eigenvalue weighted by atomic mass is 15.0. The monoisotopic (exact) mass is 759 g/mol. The highest BCUT2D eigenvalue weighted by Crippen LogP contribution is 2.40. The second-order valence-corrected chi connectivity index (χ2v) is 16.0. The van der Waals surface area contributed by atoms with Crippen LogP contribution in [0.2, 0.25) is 0 Å². The molecule has 59 heavy (non-hydrogen) atoms. The van der Waals surface area contributed by atoms with Crippen LogP contribution < -0.4 is 0 Å². The second kappa shape index (κ2) is 14.8. The fourth-order valence-electron chi connectivity index (χ4n) is 7.92. The lowest BCUT2D eigenvalue weighted by molar-refractivity contribution is 0.591. The van der Waals surface area contributed by atoms with E-state index in [-0.39, 0.29) is 5.41 Å². The van der Waals surface area contributed by atoms with Crippen LogP contribution in [0.15, 0.2) is 194 Å². The molecule has 10 rings (SSSR count). The summed E-state index contributed by atoms with van der Waals surface area (Å²) in [6.07, 6.45) is 0. The first-order chi connectivity index (χ1) is 28.9. The number of fused-ring (bicyclic) bond motifs is 3. The molecule has 0 fully saturated rings. The number of para-hydroxylation sites is 1. The molecule has 3 aromatic heterocycles. The molecule has 0 radical (unpaired) electrons. The van der Waals surface area contributed by atoms with Gasteiger partial charge in [-0.05, 0) is 47.4 Å². The Bertz CT molecular complexity index is 3000. The standard InChI is InChI=1S/C54H41N5/c1-54(2,3)41-29-30-43-42-26-16-17-27-49(42)59(51(43)33-41)50-31-28-40(48-35-45(36-18-8-4-9-19-36)55-52(56-48)39-24-14-7-15-25-39)32-44(50)53-57-46(37-20-10-5-11-21-37)34-47(58-53)38-22-12-6-13-23-38/h4-35H,1-3H3. The number of hydrogen-bond donors (Lipinski definition) is 0. The molecule has 0 aliphatic carbocycles. The van der Waals surface area contributed by atoms with Gasteiger partial charge in [0.2, 0.25) is 0 Å². The predicted octanol–water partition coefficient (Wildman–Crippen LogP) is 13.7. The number of benzene rings is 7. The Hall–Kier alpha value is -7.50. The minimum Gasteiger partial charge on any atom is -0.308 e. The fourth-order valence-corrected chi connectivity index (χ4v) is 7.92. The van der Waals surface area contributed by atoms with E-state index in [1.54, 1.807) is 0 Å². The summed E-state index contributed by atoms with van der Waals surface area (Å²) in [6, 6.07) is 67.6. The number of nitrogens with zero attached hydrogens (tertiary/aromatic N) is 5. The van der Waals surface area contributed by atoms with Crippen LogP contribution in [0, 0.1) is 0 Å². The number of aromatic nitrogens is 5. The van der Waals surface area contributed by atoms with E-state index < -0.39 is 0 Å². The van der Waals surface area contributed by atoms with Gasteiger partial charge in [-0.25, -0.2) is 19.9 Å². The first-order valence-electron chi connectivity index (χ1n) is 20.1. The SMILES string of the molecule is CC(C)(C)c1ccc2c3ccccc3n(-c3ccc(-c4cc(-c5ccccc5)nc(-c5ccccc5)n4)cc3-c3nc(-c4ccccc4)cc(-c4ccccc4)n3)c2c1. The average molecular weight is 760 g/mol. The molecular weight excluding hydrogens is 719 g/mol. The third-order valence-corrected chi connectivity index (χ3v) is 11.0. The molecule has 0 bridgehead atoms. The van der Waals surface area contributed by atoms with Crippen molar-refractivity contribution in [1.82, 2.24) is 24.5 Å². The molecule has 0 saturated heterocycles. The van der Waals surface area contributed by atoms with Gasteiger partial charge >= 0.3 is 0 Å². The van der Waals surface area contributed by atoms with Gasteiger partial charge in [-0.3, -0.25) is 0 Å². The first kappa shape index (κ1) is 35.9. The lowest BCUT2D eigenvalue weighted by atomic mass is 9.86. The first-order valence-corrected chi connectivity index (χ1v) is 20.1. The maximum Gasteiger partial charge on any atom is 0.162 e. The maximum absolute atomic E-state index is 5.39. The van der Waals surface area contributed by atoms with E-state index in [1.807, 2.05) is 48.5 Å². The molecule has 0 spiro atoms. The zero-order valence-electron chi connectivity index (χ0n) is 33.2. The van der Waals surface area contributed by atoms with Crippen LogP contribution in [0.1, 0.15) is 26.3 Å². The van der Waals surface area contributed by atoms with E-state index in [2.05, 4.69) is 171 Å². The van der Waals surface area contributed by atoms with Crippen molar-refractivity contribution >= 4 is 21.8 Å². The molecular formula is C54H41N5. The smallest absolute Gasteiger partial charge is 0.162 e. The summed E-state index contributed by atoms with van der Waals surface area (Å²) in [5.74, 6) is 1.29. The van der Waals surface area contributed by atoms with Crippen LogP contribution >= 0.6 is 0 Å². The van der Waals surface area contributed by atoms with Crippen LogP contribution in [0.25, 0.3) is 95.3 Å². The van der Waals surface area contributed by atoms with Crippen molar-refractivity contribution in [3.63, 3.8) is 0 Å². The predicted molar refractivity (Wildman–Crippen MR) is 243 cm³/mol. The summed E-state index contributed by atoms with van der Waals surface area (Å²) in [7, 11) is 0. The Morgan fingerprint density at radius 2 is 0.814 bits per heavy atom. The van der Waals surface area contributed by atoms with Crippen LogP contribution in [0.3, 0.4) is 0 Å². The molecule has 0 saturated carbocycles. The highest BCUT2D eigenvalue weighted by Gasteiger charge is 2.22. The molecule has 0 amide bonds. The molecule has 5 heteroatoms. The van der Waals surface area contributed by atoms with Crippen molar-refractivity contribution in [3.05, 3.63) is 200 Å². The van der Waals surface area contributed by atoms with Gasteiger partial charge in [-0.1, -0.05) is 178 Å². The molecule has 0 aliphatic heterocycles. The van der Waals surface area contributed by atoms with Crippen LogP contribution in [-0.2, 0) is 5.41 Å². The highest BCUT2D eigenvalue weighted by molar-refractivity contribution is 6.10. The van der Waals surface area contributed by atoms with Crippen molar-refractivity contribution in [2.24, 2.45) is 0 Å². The lowest BCUT2D eigenvalue weighted by Gasteiger charge is -2.20. The van der Waals surface area contributed by atoms with Crippen molar-refractivity contribution < 1.29 is 0 Å². The van der Waals surface area contributed by atoms with E-state index in [0.717, 1.165) is 72.9 Å². The molecule has 3 heterocycles. The lowest BCUT2D eigenvalue weighted by Crippen LogP contribution is -2.11. The Labute approximate surface area is 344 Å². The molecule has 0 atom stereocenters. The molecule has 10 aromatic rings. The zero-order valence-corrected chi connectivity index (χ0v) is 33.2. The van der Waals surface area contributed by atoms with Crippen molar-refractivity contribution in [2.45, 2.75) is 26.2 Å². The molecule has 0 aliphatic rings. The Balaban J connectivity index is 1.28. The molecule has 0 unspecified atom stereocenters. The van der Waals surface area contributed by atoms with E-state index in [4.69, 9.17) is 19.9 Å². The van der Waals surface area contributed by atoms with Gasteiger partial charge in [0.25, 0.3) is 0 Å².